The van der Waals surface area contributed by atoms with Crippen molar-refractivity contribution in [2.45, 2.75) is 19.3 Å². The SMILES string of the molecule is CCOC(=O)C(C#N)C(CC(=O)c1nccn1C)c1ccccc1. The number of nitriles is 1. The molecule has 1 heterocycles. The van der Waals surface area contributed by atoms with Crippen molar-refractivity contribution in [2.24, 2.45) is 13.0 Å². The monoisotopic (exact) mass is 325 g/mol. The van der Waals surface area contributed by atoms with E-state index in [2.05, 4.69) is 4.98 Å². The molecule has 6 heteroatoms. The Balaban J connectivity index is 2.33. The molecule has 24 heavy (non-hydrogen) atoms. The van der Waals surface area contributed by atoms with Crippen LogP contribution < -0.4 is 0 Å². The van der Waals surface area contributed by atoms with Gasteiger partial charge in [0.1, 0.15) is 0 Å². The summed E-state index contributed by atoms with van der Waals surface area (Å²) in [7, 11) is 1.73. The molecule has 0 aliphatic rings. The number of esters is 1. The number of rotatable bonds is 7. The average Bonchev–Trinajstić information content (AvgIpc) is 3.01. The van der Waals surface area contributed by atoms with Gasteiger partial charge in [-0.2, -0.15) is 5.26 Å². The molecule has 2 rings (SSSR count). The zero-order valence-corrected chi connectivity index (χ0v) is 13.7. The van der Waals surface area contributed by atoms with E-state index in [1.54, 1.807) is 36.9 Å². The highest BCUT2D eigenvalue weighted by atomic mass is 16.5. The Morgan fingerprint density at radius 1 is 1.33 bits per heavy atom. The van der Waals surface area contributed by atoms with Crippen LogP contribution in [0.1, 0.15) is 35.4 Å². The quantitative estimate of drug-likeness (QED) is 0.577. The first-order chi connectivity index (χ1) is 11.6. The fourth-order valence-corrected chi connectivity index (χ4v) is 2.59. The van der Waals surface area contributed by atoms with Crippen molar-refractivity contribution >= 4 is 11.8 Å². The van der Waals surface area contributed by atoms with Crippen LogP contribution in [-0.4, -0.2) is 27.9 Å². The van der Waals surface area contributed by atoms with E-state index in [4.69, 9.17) is 4.74 Å². The van der Waals surface area contributed by atoms with E-state index in [1.807, 2.05) is 24.3 Å². The number of ketones is 1. The first kappa shape index (κ1) is 17.4. The van der Waals surface area contributed by atoms with Crippen LogP contribution >= 0.6 is 0 Å². The van der Waals surface area contributed by atoms with Gasteiger partial charge in [0.25, 0.3) is 0 Å². The minimum atomic E-state index is -1.04. The number of aryl methyl sites for hydroxylation is 1. The fourth-order valence-electron chi connectivity index (χ4n) is 2.59. The summed E-state index contributed by atoms with van der Waals surface area (Å²) in [6.07, 6.45) is 3.22. The van der Waals surface area contributed by atoms with E-state index in [1.165, 1.54) is 6.20 Å². The van der Waals surface area contributed by atoms with Gasteiger partial charge >= 0.3 is 5.97 Å². The minimum absolute atomic E-state index is 0.00586. The van der Waals surface area contributed by atoms with Gasteiger partial charge in [-0.05, 0) is 12.5 Å². The summed E-state index contributed by atoms with van der Waals surface area (Å²) in [5.74, 6) is -2.16. The summed E-state index contributed by atoms with van der Waals surface area (Å²) in [5, 5.41) is 9.47. The lowest BCUT2D eigenvalue weighted by Crippen LogP contribution is -2.26. The lowest BCUT2D eigenvalue weighted by atomic mass is 9.83. The summed E-state index contributed by atoms with van der Waals surface area (Å²) in [4.78, 5) is 28.8. The number of carbonyl (C=O) groups is 2. The molecule has 2 aromatic rings. The van der Waals surface area contributed by atoms with Crippen LogP contribution in [0.5, 0.6) is 0 Å². The summed E-state index contributed by atoms with van der Waals surface area (Å²) >= 11 is 0. The first-order valence-electron chi connectivity index (χ1n) is 7.70. The van der Waals surface area contributed by atoms with Gasteiger partial charge < -0.3 is 9.30 Å². The summed E-state index contributed by atoms with van der Waals surface area (Å²) in [6.45, 7) is 1.87. The third-order valence-electron chi connectivity index (χ3n) is 3.79. The number of aromatic nitrogens is 2. The van der Waals surface area contributed by atoms with E-state index >= 15 is 0 Å². The summed E-state index contributed by atoms with van der Waals surface area (Å²) < 4.78 is 6.62. The van der Waals surface area contributed by atoms with Crippen molar-refractivity contribution < 1.29 is 14.3 Å². The minimum Gasteiger partial charge on any atom is -0.465 e. The topological polar surface area (TPSA) is 85.0 Å². The Kier molecular flexibility index (Phi) is 5.85. The van der Waals surface area contributed by atoms with Crippen LogP contribution in [0.2, 0.25) is 0 Å². The zero-order valence-electron chi connectivity index (χ0n) is 13.7. The van der Waals surface area contributed by atoms with Crippen LogP contribution in [0.15, 0.2) is 42.7 Å². The van der Waals surface area contributed by atoms with Crippen LogP contribution in [0, 0.1) is 17.2 Å². The number of Topliss-reactive ketones (excluding diaryl/α,β-unsaturated/α-hetero) is 1. The number of ether oxygens (including phenoxy) is 1. The van der Waals surface area contributed by atoms with E-state index in [-0.39, 0.29) is 18.8 Å². The molecule has 124 valence electrons. The van der Waals surface area contributed by atoms with Gasteiger partial charge in [0.05, 0.1) is 12.7 Å². The van der Waals surface area contributed by atoms with Gasteiger partial charge in [-0.25, -0.2) is 4.98 Å². The van der Waals surface area contributed by atoms with Crippen molar-refractivity contribution in [1.29, 1.82) is 5.26 Å². The molecule has 0 N–H and O–H groups in total. The number of imidazole rings is 1. The highest BCUT2D eigenvalue weighted by Gasteiger charge is 2.33. The zero-order chi connectivity index (χ0) is 17.5. The molecule has 2 atom stereocenters. The van der Waals surface area contributed by atoms with Crippen molar-refractivity contribution in [3.63, 3.8) is 0 Å². The van der Waals surface area contributed by atoms with Crippen molar-refractivity contribution in [2.75, 3.05) is 6.61 Å². The van der Waals surface area contributed by atoms with E-state index < -0.39 is 17.8 Å². The molecule has 0 bridgehead atoms. The maximum Gasteiger partial charge on any atom is 0.323 e. The Morgan fingerprint density at radius 2 is 2.04 bits per heavy atom. The largest absolute Gasteiger partial charge is 0.465 e. The smallest absolute Gasteiger partial charge is 0.323 e. The Bertz CT molecular complexity index is 746. The standard InChI is InChI=1S/C18H19N3O3/c1-3-24-18(23)15(12-19)14(13-7-5-4-6-8-13)11-16(22)17-20-9-10-21(17)2/h4-10,14-15H,3,11H2,1-2H3. The third-order valence-corrected chi connectivity index (χ3v) is 3.79. The van der Waals surface area contributed by atoms with Crippen LogP contribution in [-0.2, 0) is 16.6 Å². The molecule has 0 aliphatic heterocycles. The van der Waals surface area contributed by atoms with Gasteiger partial charge in [-0.15, -0.1) is 0 Å². The maximum atomic E-state index is 12.6. The average molecular weight is 325 g/mol. The molecule has 0 saturated heterocycles. The van der Waals surface area contributed by atoms with Gasteiger partial charge in [-0.3, -0.25) is 9.59 Å². The second-order valence-corrected chi connectivity index (χ2v) is 5.37. The van der Waals surface area contributed by atoms with Gasteiger partial charge in [0.2, 0.25) is 0 Å². The predicted molar refractivity (Wildman–Crippen MR) is 87.1 cm³/mol. The van der Waals surface area contributed by atoms with Gasteiger partial charge in [0, 0.05) is 31.8 Å². The van der Waals surface area contributed by atoms with Crippen molar-refractivity contribution in [3.8, 4) is 6.07 Å². The summed E-state index contributed by atoms with van der Waals surface area (Å²) in [5.41, 5.74) is 0.750. The molecule has 0 aliphatic carbocycles. The molecule has 1 aromatic carbocycles. The molecule has 6 nitrogen and oxygen atoms in total. The Morgan fingerprint density at radius 3 is 2.58 bits per heavy atom. The van der Waals surface area contributed by atoms with Crippen LogP contribution in [0.4, 0.5) is 0 Å². The lowest BCUT2D eigenvalue weighted by molar-refractivity contribution is -0.146. The van der Waals surface area contributed by atoms with E-state index in [0.717, 1.165) is 5.56 Å². The molecule has 0 radical (unpaired) electrons. The summed E-state index contributed by atoms with van der Waals surface area (Å²) in [6, 6.07) is 11.1. The molecule has 0 spiro atoms. The van der Waals surface area contributed by atoms with Gasteiger partial charge in [-0.1, -0.05) is 30.3 Å². The van der Waals surface area contributed by atoms with Crippen molar-refractivity contribution in [1.82, 2.24) is 9.55 Å². The number of nitrogens with zero attached hydrogens (tertiary/aromatic N) is 3. The highest BCUT2D eigenvalue weighted by molar-refractivity contribution is 5.94. The molecule has 2 unspecified atom stereocenters. The van der Waals surface area contributed by atoms with E-state index in [0.29, 0.717) is 5.82 Å². The highest BCUT2D eigenvalue weighted by Crippen LogP contribution is 2.30. The van der Waals surface area contributed by atoms with Crippen LogP contribution in [0.25, 0.3) is 0 Å². The number of hydrogen-bond donors (Lipinski definition) is 0. The predicted octanol–water partition coefficient (Wildman–Crippen LogP) is 2.48. The number of benzene rings is 1. The molecular formula is C18H19N3O3. The third kappa shape index (κ3) is 3.87. The molecule has 0 amide bonds. The second-order valence-electron chi connectivity index (χ2n) is 5.37. The maximum absolute atomic E-state index is 12.6. The number of carbonyl (C=O) groups excluding carboxylic acids is 2. The van der Waals surface area contributed by atoms with Gasteiger partial charge in [0.15, 0.2) is 17.5 Å². The van der Waals surface area contributed by atoms with E-state index in [9.17, 15) is 14.9 Å². The molecule has 0 saturated carbocycles. The lowest BCUT2D eigenvalue weighted by Gasteiger charge is -2.20. The Hall–Kier alpha value is -2.94. The van der Waals surface area contributed by atoms with Crippen LogP contribution in [0.3, 0.4) is 0 Å². The molecule has 1 aromatic heterocycles. The number of hydrogen-bond acceptors (Lipinski definition) is 5. The normalized spacial score (nSPS) is 12.9. The Labute approximate surface area is 140 Å². The molecule has 0 fully saturated rings. The fraction of sp³-hybridized carbons (Fsp3) is 0.333. The molecular weight excluding hydrogens is 306 g/mol. The second kappa shape index (κ2) is 8.06. The first-order valence-corrected chi connectivity index (χ1v) is 7.70. The van der Waals surface area contributed by atoms with Crippen molar-refractivity contribution in [3.05, 3.63) is 54.1 Å².